The van der Waals surface area contributed by atoms with Crippen molar-refractivity contribution in [3.8, 4) is 11.5 Å². The van der Waals surface area contributed by atoms with E-state index in [1.807, 2.05) is 6.07 Å². The molecule has 2 aromatic carbocycles. The number of fused-ring (bicyclic) bond motifs is 2. The van der Waals surface area contributed by atoms with E-state index in [0.717, 1.165) is 79.9 Å². The van der Waals surface area contributed by atoms with Crippen molar-refractivity contribution in [1.82, 2.24) is 10.1 Å². The first-order valence-electron chi connectivity index (χ1n) is 12.5. The van der Waals surface area contributed by atoms with Gasteiger partial charge in [-0.2, -0.15) is 0 Å². The summed E-state index contributed by atoms with van der Waals surface area (Å²) in [4.78, 5) is 2.51. The quantitative estimate of drug-likeness (QED) is 0.512. The number of ether oxygens (including phenoxy) is 3. The first-order chi connectivity index (χ1) is 17.1. The van der Waals surface area contributed by atoms with Crippen LogP contribution in [-0.4, -0.2) is 56.6 Å². The van der Waals surface area contributed by atoms with Gasteiger partial charge in [0, 0.05) is 30.0 Å². The normalized spacial score (nSPS) is 21.3. The van der Waals surface area contributed by atoms with E-state index in [1.165, 1.54) is 17.7 Å². The van der Waals surface area contributed by atoms with Crippen LogP contribution in [0.15, 0.2) is 34.9 Å². The Balaban J connectivity index is 1.17. The second-order valence-electron chi connectivity index (χ2n) is 9.52. The highest BCUT2D eigenvalue weighted by molar-refractivity contribution is 5.79. The molecule has 2 atom stereocenters. The molecular weight excluding hydrogens is 449 g/mol. The second-order valence-corrected chi connectivity index (χ2v) is 9.52. The topological polar surface area (TPSA) is 83.0 Å². The molecule has 2 N–H and O–H groups in total. The van der Waals surface area contributed by atoms with Gasteiger partial charge in [0.25, 0.3) is 0 Å². The van der Waals surface area contributed by atoms with Crippen molar-refractivity contribution in [1.29, 1.82) is 0 Å². The molecule has 8 heteroatoms. The first kappa shape index (κ1) is 24.0. The fraction of sp³-hybridized carbons (Fsp3) is 0.519. The van der Waals surface area contributed by atoms with E-state index in [-0.39, 0.29) is 18.0 Å². The molecule has 35 heavy (non-hydrogen) atoms. The zero-order valence-electron chi connectivity index (χ0n) is 20.5. The van der Waals surface area contributed by atoms with E-state index < -0.39 is 0 Å². The lowest BCUT2D eigenvalue weighted by atomic mass is 9.83. The van der Waals surface area contributed by atoms with Gasteiger partial charge in [-0.25, -0.2) is 4.39 Å². The molecule has 3 heterocycles. The molecule has 2 aliphatic rings. The van der Waals surface area contributed by atoms with Crippen molar-refractivity contribution in [3.05, 3.63) is 53.0 Å². The summed E-state index contributed by atoms with van der Waals surface area (Å²) < 4.78 is 36.4. The lowest BCUT2D eigenvalue weighted by molar-refractivity contribution is -0.0647. The average molecular weight is 484 g/mol. The number of aromatic nitrogens is 1. The van der Waals surface area contributed by atoms with Gasteiger partial charge >= 0.3 is 0 Å². The number of nitrogens with two attached hydrogens (primary N) is 1. The van der Waals surface area contributed by atoms with Crippen LogP contribution in [0.4, 0.5) is 4.39 Å². The molecule has 2 aliphatic heterocycles. The molecule has 1 aromatic heterocycles. The highest BCUT2D eigenvalue weighted by atomic mass is 19.1. The van der Waals surface area contributed by atoms with Crippen molar-refractivity contribution in [3.63, 3.8) is 0 Å². The minimum absolute atomic E-state index is 0.118. The first-order valence-corrected chi connectivity index (χ1v) is 12.5. The summed E-state index contributed by atoms with van der Waals surface area (Å²) in [5.41, 5.74) is 9.79. The molecular formula is C27H34FN3O4. The predicted molar refractivity (Wildman–Crippen MR) is 131 cm³/mol. The molecule has 5 rings (SSSR count). The van der Waals surface area contributed by atoms with Crippen molar-refractivity contribution in [2.24, 2.45) is 11.7 Å². The molecule has 1 saturated heterocycles. The third kappa shape index (κ3) is 4.87. The van der Waals surface area contributed by atoms with Crippen molar-refractivity contribution in [2.75, 3.05) is 40.4 Å². The fourth-order valence-electron chi connectivity index (χ4n) is 5.67. The van der Waals surface area contributed by atoms with E-state index in [0.29, 0.717) is 18.0 Å². The van der Waals surface area contributed by atoms with Crippen molar-refractivity contribution in [2.45, 2.75) is 44.3 Å². The van der Waals surface area contributed by atoms with Gasteiger partial charge in [0.1, 0.15) is 5.82 Å². The Morgan fingerprint density at radius 1 is 1.14 bits per heavy atom. The van der Waals surface area contributed by atoms with E-state index in [2.05, 4.69) is 16.1 Å². The molecule has 2 unspecified atom stereocenters. The summed E-state index contributed by atoms with van der Waals surface area (Å²) >= 11 is 0. The van der Waals surface area contributed by atoms with Crippen LogP contribution in [0.3, 0.4) is 0 Å². The molecule has 0 bridgehead atoms. The Kier molecular flexibility index (Phi) is 7.22. The Labute approximate surface area is 205 Å². The third-order valence-electron chi connectivity index (χ3n) is 7.54. The van der Waals surface area contributed by atoms with Crippen LogP contribution in [-0.2, 0) is 17.6 Å². The van der Waals surface area contributed by atoms with Crippen molar-refractivity contribution >= 4 is 11.0 Å². The molecule has 188 valence electrons. The lowest BCUT2D eigenvalue weighted by Gasteiger charge is -2.40. The second kappa shape index (κ2) is 10.5. The Hall–Kier alpha value is -2.68. The maximum Gasteiger partial charge on any atom is 0.170 e. The SMILES string of the molecule is COc1ccc2c(c1OC)CC(C1CCN(CCCc3noc4cc(F)ccc34)CC1)OC2CN. The largest absolute Gasteiger partial charge is 0.493 e. The zero-order valence-corrected chi connectivity index (χ0v) is 20.5. The van der Waals surface area contributed by atoms with Crippen LogP contribution in [0.1, 0.15) is 42.2 Å². The zero-order chi connectivity index (χ0) is 24.4. The molecule has 0 amide bonds. The number of rotatable bonds is 8. The van der Waals surface area contributed by atoms with E-state index in [4.69, 9.17) is 24.5 Å². The summed E-state index contributed by atoms with van der Waals surface area (Å²) in [6, 6.07) is 8.59. The number of hydrogen-bond donors (Lipinski definition) is 1. The summed E-state index contributed by atoms with van der Waals surface area (Å²) in [6.07, 6.45) is 4.82. The van der Waals surface area contributed by atoms with E-state index in [1.54, 1.807) is 20.3 Å². The summed E-state index contributed by atoms with van der Waals surface area (Å²) in [6.45, 7) is 3.55. The van der Waals surface area contributed by atoms with E-state index in [9.17, 15) is 4.39 Å². The maximum atomic E-state index is 13.4. The minimum Gasteiger partial charge on any atom is -0.493 e. The number of nitrogens with zero attached hydrogens (tertiary/aromatic N) is 2. The fourth-order valence-corrected chi connectivity index (χ4v) is 5.67. The number of piperidine rings is 1. The van der Waals surface area contributed by atoms with Gasteiger partial charge in [-0.1, -0.05) is 11.2 Å². The monoisotopic (exact) mass is 483 g/mol. The molecule has 0 saturated carbocycles. The predicted octanol–water partition coefficient (Wildman–Crippen LogP) is 4.27. The van der Waals surface area contributed by atoms with Crippen LogP contribution >= 0.6 is 0 Å². The number of methoxy groups -OCH3 is 2. The van der Waals surface area contributed by atoms with Crippen LogP contribution in [0.25, 0.3) is 11.0 Å². The molecule has 0 aliphatic carbocycles. The van der Waals surface area contributed by atoms with Crippen LogP contribution in [0, 0.1) is 11.7 Å². The molecule has 3 aromatic rings. The summed E-state index contributed by atoms with van der Waals surface area (Å²) in [5, 5.41) is 5.05. The Morgan fingerprint density at radius 3 is 2.71 bits per heavy atom. The third-order valence-corrected chi connectivity index (χ3v) is 7.54. The van der Waals surface area contributed by atoms with Crippen LogP contribution in [0.5, 0.6) is 11.5 Å². The number of benzene rings is 2. The number of likely N-dealkylation sites (tertiary alicyclic amines) is 1. The lowest BCUT2D eigenvalue weighted by Crippen LogP contribution is -2.42. The van der Waals surface area contributed by atoms with Gasteiger partial charge in [-0.15, -0.1) is 0 Å². The summed E-state index contributed by atoms with van der Waals surface area (Å²) in [7, 11) is 3.36. The van der Waals surface area contributed by atoms with E-state index >= 15 is 0 Å². The Bertz CT molecular complexity index is 1160. The molecule has 0 radical (unpaired) electrons. The van der Waals surface area contributed by atoms with Gasteiger partial charge in [-0.3, -0.25) is 0 Å². The van der Waals surface area contributed by atoms with Gasteiger partial charge in [0.2, 0.25) is 0 Å². The highest BCUT2D eigenvalue weighted by Crippen LogP contribution is 2.43. The molecule has 7 nitrogen and oxygen atoms in total. The average Bonchev–Trinajstić information content (AvgIpc) is 3.29. The minimum atomic E-state index is -0.302. The highest BCUT2D eigenvalue weighted by Gasteiger charge is 2.36. The van der Waals surface area contributed by atoms with Crippen molar-refractivity contribution < 1.29 is 23.1 Å². The number of halogens is 1. The number of aryl methyl sites for hydroxylation is 1. The van der Waals surface area contributed by atoms with Gasteiger partial charge in [0.15, 0.2) is 17.1 Å². The van der Waals surface area contributed by atoms with Gasteiger partial charge in [-0.05, 0) is 75.0 Å². The maximum absolute atomic E-state index is 13.4. The summed E-state index contributed by atoms with van der Waals surface area (Å²) in [5.74, 6) is 1.74. The van der Waals surface area contributed by atoms with Crippen LogP contribution in [0.2, 0.25) is 0 Å². The van der Waals surface area contributed by atoms with Gasteiger partial charge in [0.05, 0.1) is 32.1 Å². The standard InChI is InChI=1S/C27H34FN3O4/c1-32-23-8-7-19-21(27(23)33-2)15-24(34-26(19)16-29)17-9-12-31(13-10-17)11-3-4-22-20-6-5-18(28)14-25(20)35-30-22/h5-8,14,17,24,26H,3-4,9-13,15-16,29H2,1-2H3. The smallest absolute Gasteiger partial charge is 0.170 e. The van der Waals surface area contributed by atoms with Crippen LogP contribution < -0.4 is 15.2 Å². The Morgan fingerprint density at radius 2 is 1.97 bits per heavy atom. The number of hydrogen-bond acceptors (Lipinski definition) is 7. The molecule has 1 fully saturated rings. The molecule has 0 spiro atoms. The van der Waals surface area contributed by atoms with Gasteiger partial charge < -0.3 is 29.4 Å².